The minimum absolute atomic E-state index is 0.218. The fraction of sp³-hybridized carbons (Fsp3) is 0.379. The van der Waals surface area contributed by atoms with Crippen LogP contribution in [0.4, 0.5) is 10.2 Å². The van der Waals surface area contributed by atoms with Gasteiger partial charge in [0.05, 0.1) is 18.7 Å². The van der Waals surface area contributed by atoms with E-state index in [-0.39, 0.29) is 17.5 Å². The van der Waals surface area contributed by atoms with E-state index in [0.717, 1.165) is 43.9 Å². The summed E-state index contributed by atoms with van der Waals surface area (Å²) in [7, 11) is 1.53. The highest BCUT2D eigenvalue weighted by atomic mass is 19.1. The molecule has 2 aromatic carbocycles. The monoisotopic (exact) mass is 556 g/mol. The summed E-state index contributed by atoms with van der Waals surface area (Å²) in [6.07, 6.45) is 3.11. The number of rotatable bonds is 7. The number of hydrogen-bond donors (Lipinski definition) is 4. The number of hydrogen-bond acceptors (Lipinski definition) is 7. The number of amides is 2. The first-order chi connectivity index (χ1) is 19.1. The van der Waals surface area contributed by atoms with Gasteiger partial charge in [-0.3, -0.25) is 14.4 Å². The minimum atomic E-state index is -1.33. The van der Waals surface area contributed by atoms with Crippen molar-refractivity contribution in [2.24, 2.45) is 11.5 Å². The normalized spacial score (nSPS) is 11.7. The second-order valence-electron chi connectivity index (χ2n) is 8.46. The van der Waals surface area contributed by atoms with Crippen molar-refractivity contribution >= 4 is 23.7 Å². The van der Waals surface area contributed by atoms with Gasteiger partial charge in [-0.15, -0.1) is 0 Å². The number of nitrogens with one attached hydrogen (secondary N) is 1. The van der Waals surface area contributed by atoms with Gasteiger partial charge in [0.1, 0.15) is 22.8 Å². The lowest BCUT2D eigenvalue weighted by Gasteiger charge is -2.26. The van der Waals surface area contributed by atoms with Crippen LogP contribution in [0, 0.1) is 0 Å². The number of para-hydroxylation sites is 1. The number of nitrogens with zero attached hydrogens (tertiary/aromatic N) is 2. The summed E-state index contributed by atoms with van der Waals surface area (Å²) in [6, 6.07) is 13.4. The molecule has 1 aromatic heterocycles. The molecule has 218 valence electrons. The molecule has 2 amide bonds. The Balaban J connectivity index is 0.000000788. The van der Waals surface area contributed by atoms with Gasteiger partial charge in [0.15, 0.2) is 0 Å². The summed E-state index contributed by atoms with van der Waals surface area (Å²) in [4.78, 5) is 33.3. The van der Waals surface area contributed by atoms with Gasteiger partial charge < -0.3 is 27.3 Å². The Bertz CT molecular complexity index is 1240. The van der Waals surface area contributed by atoms with Gasteiger partial charge in [-0.2, -0.15) is 9.49 Å². The van der Waals surface area contributed by atoms with E-state index in [9.17, 15) is 14.0 Å². The molecule has 0 bridgehead atoms. The van der Waals surface area contributed by atoms with Crippen molar-refractivity contribution < 1.29 is 23.5 Å². The zero-order chi connectivity index (χ0) is 30.2. The Kier molecular flexibility index (Phi) is 14.7. The van der Waals surface area contributed by atoms with Crippen molar-refractivity contribution in [3.05, 3.63) is 65.2 Å². The average Bonchev–Trinajstić information content (AvgIpc) is 3.24. The molecule has 4 rings (SSSR count). The van der Waals surface area contributed by atoms with Crippen LogP contribution in [0.25, 0.3) is 11.3 Å². The summed E-state index contributed by atoms with van der Waals surface area (Å²) in [5.74, 6) is 0.0325. The number of benzene rings is 2. The molecule has 1 fully saturated rings. The number of anilines is 1. The van der Waals surface area contributed by atoms with E-state index >= 15 is 0 Å². The Labute approximate surface area is 235 Å². The van der Waals surface area contributed by atoms with Crippen molar-refractivity contribution in [2.75, 3.05) is 19.4 Å². The molecular formula is C29H41FN6O4. The second kappa shape index (κ2) is 17.4. The van der Waals surface area contributed by atoms with E-state index in [4.69, 9.17) is 26.7 Å². The highest BCUT2D eigenvalue weighted by molar-refractivity contribution is 6.03. The van der Waals surface area contributed by atoms with Crippen molar-refractivity contribution in [3.8, 4) is 17.0 Å². The number of methoxy groups -OCH3 is 1. The topological polar surface area (TPSA) is 168 Å². The summed E-state index contributed by atoms with van der Waals surface area (Å²) in [5.41, 5.74) is 19.5. The number of halogens is 1. The Morgan fingerprint density at radius 2 is 1.65 bits per heavy atom. The van der Waals surface area contributed by atoms with Gasteiger partial charge in [-0.05, 0) is 43.5 Å². The van der Waals surface area contributed by atoms with Crippen LogP contribution in [-0.4, -0.2) is 41.3 Å². The smallest absolute Gasteiger partial charge is 0.298 e. The maximum absolute atomic E-state index is 12.5. The fourth-order valence-electron chi connectivity index (χ4n) is 3.69. The van der Waals surface area contributed by atoms with E-state index < -0.39 is 11.9 Å². The largest absolute Gasteiger partial charge is 0.496 e. The summed E-state index contributed by atoms with van der Waals surface area (Å²) in [5, 5.41) is 7.48. The fourth-order valence-corrected chi connectivity index (χ4v) is 3.69. The first kappa shape index (κ1) is 33.8. The summed E-state index contributed by atoms with van der Waals surface area (Å²) in [6.45, 7) is 7.86. The second-order valence-corrected chi connectivity index (χ2v) is 8.46. The molecule has 0 aliphatic heterocycles. The van der Waals surface area contributed by atoms with E-state index in [1.165, 1.54) is 7.11 Å². The molecule has 1 saturated carbocycles. The molecule has 3 aromatic rings. The van der Waals surface area contributed by atoms with Gasteiger partial charge in [0.25, 0.3) is 17.9 Å². The summed E-state index contributed by atoms with van der Waals surface area (Å²) < 4.78 is 17.3. The van der Waals surface area contributed by atoms with Crippen LogP contribution in [-0.2, 0) is 11.3 Å². The van der Waals surface area contributed by atoms with Crippen LogP contribution < -0.4 is 27.3 Å². The third kappa shape index (κ3) is 9.49. The number of ether oxygens (including phenoxy) is 1. The number of nitrogens with two attached hydrogens (primary N) is 3. The molecule has 1 heterocycles. The zero-order valence-corrected chi connectivity index (χ0v) is 23.9. The molecule has 0 spiro atoms. The molecule has 0 atom stereocenters. The number of primary amides is 1. The first-order valence-corrected chi connectivity index (χ1v) is 13.2. The maximum atomic E-state index is 12.5. The lowest BCUT2D eigenvalue weighted by atomic mass is 9.93. The van der Waals surface area contributed by atoms with Crippen LogP contribution in [0.5, 0.6) is 5.75 Å². The van der Waals surface area contributed by atoms with Crippen LogP contribution >= 0.6 is 0 Å². The van der Waals surface area contributed by atoms with Gasteiger partial charge in [0.2, 0.25) is 0 Å². The SMILES string of the molecule is CC.CC(=O)F.CCN.COc1ccccc1C(=O)NCc1ccc(-c2nn(C3CCC3)c(N)c2C(N)=O)cc1. The predicted octanol–water partition coefficient (Wildman–Crippen LogP) is 4.39. The highest BCUT2D eigenvalue weighted by Gasteiger charge is 2.28. The quantitative estimate of drug-likeness (QED) is 0.313. The standard InChI is InChI=1S/C23H25N5O3.C2H3FO.C2H7N.C2H6/c1-31-18-8-3-2-7-17(18)23(30)26-13-14-9-11-15(12-10-14)20-19(22(25)29)21(24)28(27-20)16-5-4-6-16;1-2(3)4;1-2-3;1-2/h2-3,7-12,16H,4-6,13,24H2,1H3,(H2,25,29)(H,26,30);1H3;2-3H2,1H3;1-2H3. The minimum Gasteiger partial charge on any atom is -0.496 e. The Morgan fingerprint density at radius 3 is 2.12 bits per heavy atom. The first-order valence-electron chi connectivity index (χ1n) is 13.2. The van der Waals surface area contributed by atoms with Crippen LogP contribution in [0.1, 0.15) is 79.3 Å². The lowest BCUT2D eigenvalue weighted by molar-refractivity contribution is -0.126. The van der Waals surface area contributed by atoms with Crippen LogP contribution in [0.3, 0.4) is 0 Å². The van der Waals surface area contributed by atoms with E-state index in [2.05, 4.69) is 10.4 Å². The van der Waals surface area contributed by atoms with Crippen molar-refractivity contribution in [1.29, 1.82) is 0 Å². The molecule has 10 nitrogen and oxygen atoms in total. The van der Waals surface area contributed by atoms with Crippen molar-refractivity contribution in [2.45, 2.75) is 59.5 Å². The number of carbonyl (C=O) groups excluding carboxylic acids is 3. The molecule has 7 N–H and O–H groups in total. The Morgan fingerprint density at radius 1 is 1.10 bits per heavy atom. The third-order valence-corrected chi connectivity index (χ3v) is 5.65. The van der Waals surface area contributed by atoms with Crippen molar-refractivity contribution in [1.82, 2.24) is 15.1 Å². The molecule has 11 heteroatoms. The van der Waals surface area contributed by atoms with E-state index in [1.807, 2.05) is 51.1 Å². The van der Waals surface area contributed by atoms with Crippen molar-refractivity contribution in [3.63, 3.8) is 0 Å². The Hall–Kier alpha value is -4.25. The molecule has 0 saturated heterocycles. The molecule has 1 aliphatic rings. The van der Waals surface area contributed by atoms with E-state index in [0.29, 0.717) is 29.4 Å². The molecule has 40 heavy (non-hydrogen) atoms. The molecule has 0 unspecified atom stereocenters. The van der Waals surface area contributed by atoms with Gasteiger partial charge in [0, 0.05) is 19.0 Å². The van der Waals surface area contributed by atoms with E-state index in [1.54, 1.807) is 22.9 Å². The summed E-state index contributed by atoms with van der Waals surface area (Å²) >= 11 is 0. The molecular weight excluding hydrogens is 515 g/mol. The van der Waals surface area contributed by atoms with Gasteiger partial charge in [-0.1, -0.05) is 57.2 Å². The average molecular weight is 557 g/mol. The van der Waals surface area contributed by atoms with Gasteiger partial charge >= 0.3 is 0 Å². The highest BCUT2D eigenvalue weighted by Crippen LogP contribution is 2.37. The predicted molar refractivity (Wildman–Crippen MR) is 156 cm³/mol. The molecule has 1 aliphatic carbocycles. The molecule has 0 radical (unpaired) electrons. The van der Waals surface area contributed by atoms with Crippen LogP contribution in [0.2, 0.25) is 0 Å². The number of aromatic nitrogens is 2. The zero-order valence-electron chi connectivity index (χ0n) is 23.9. The maximum Gasteiger partial charge on any atom is 0.298 e. The van der Waals surface area contributed by atoms with Crippen LogP contribution in [0.15, 0.2) is 48.5 Å². The van der Waals surface area contributed by atoms with Gasteiger partial charge in [-0.25, -0.2) is 4.68 Å². The lowest BCUT2D eigenvalue weighted by Crippen LogP contribution is -2.23. The third-order valence-electron chi connectivity index (χ3n) is 5.65. The number of carbonyl (C=O) groups is 3. The number of nitrogen functional groups attached to an aromatic ring is 1.